The highest BCUT2D eigenvalue weighted by molar-refractivity contribution is 5.87. The predicted molar refractivity (Wildman–Crippen MR) is 101 cm³/mol. The Hall–Kier alpha value is -2.86. The van der Waals surface area contributed by atoms with E-state index < -0.39 is 5.97 Å². The van der Waals surface area contributed by atoms with Gasteiger partial charge in [-0.3, -0.25) is 4.90 Å². The quantitative estimate of drug-likeness (QED) is 0.884. The van der Waals surface area contributed by atoms with Crippen molar-refractivity contribution in [3.8, 4) is 0 Å². The van der Waals surface area contributed by atoms with Crippen LogP contribution < -0.4 is 0 Å². The van der Waals surface area contributed by atoms with E-state index in [1.54, 1.807) is 12.1 Å². The summed E-state index contributed by atoms with van der Waals surface area (Å²) < 4.78 is 0. The van der Waals surface area contributed by atoms with E-state index >= 15 is 0 Å². The molecule has 2 aromatic carbocycles. The molecule has 2 saturated heterocycles. The number of piperazine rings is 1. The lowest BCUT2D eigenvalue weighted by Crippen LogP contribution is -2.51. The molecule has 0 unspecified atom stereocenters. The molecular weight excluding hydrogens is 342 g/mol. The Bertz CT molecular complexity index is 822. The van der Waals surface area contributed by atoms with Crippen molar-refractivity contribution in [3.05, 3.63) is 71.3 Å². The molecule has 2 amide bonds. The second-order valence-corrected chi connectivity index (χ2v) is 7.23. The lowest BCUT2D eigenvalue weighted by Gasteiger charge is -2.36. The van der Waals surface area contributed by atoms with Crippen LogP contribution in [0.2, 0.25) is 0 Å². The van der Waals surface area contributed by atoms with Gasteiger partial charge in [-0.15, -0.1) is 0 Å². The van der Waals surface area contributed by atoms with Crippen LogP contribution in [0.25, 0.3) is 0 Å². The average molecular weight is 365 g/mol. The molecule has 0 aliphatic carbocycles. The third-order valence-electron chi connectivity index (χ3n) is 5.34. The molecule has 0 aromatic heterocycles. The molecule has 27 heavy (non-hydrogen) atoms. The van der Waals surface area contributed by atoms with Crippen molar-refractivity contribution in [1.82, 2.24) is 14.7 Å². The molecule has 2 aliphatic rings. The minimum absolute atomic E-state index is 0.134. The number of carboxylic acid groups (broad SMARTS) is 1. The van der Waals surface area contributed by atoms with Gasteiger partial charge in [-0.1, -0.05) is 42.5 Å². The van der Waals surface area contributed by atoms with Gasteiger partial charge in [-0.05, 0) is 23.3 Å². The number of aromatic carboxylic acids is 1. The van der Waals surface area contributed by atoms with Crippen molar-refractivity contribution in [3.63, 3.8) is 0 Å². The highest BCUT2D eigenvalue weighted by atomic mass is 16.4. The van der Waals surface area contributed by atoms with Crippen LogP contribution in [0, 0.1) is 0 Å². The minimum Gasteiger partial charge on any atom is -0.478 e. The van der Waals surface area contributed by atoms with Crippen LogP contribution in [0.3, 0.4) is 0 Å². The van der Waals surface area contributed by atoms with Crippen LogP contribution in [0.5, 0.6) is 0 Å². The normalized spacial score (nSPS) is 20.0. The minimum atomic E-state index is -0.905. The Morgan fingerprint density at radius 1 is 0.926 bits per heavy atom. The highest BCUT2D eigenvalue weighted by Gasteiger charge is 2.40. The fraction of sp³-hybridized carbons (Fsp3) is 0.333. The number of amides is 2. The number of urea groups is 1. The summed E-state index contributed by atoms with van der Waals surface area (Å²) in [5.74, 6) is -0.905. The highest BCUT2D eigenvalue weighted by Crippen LogP contribution is 2.23. The van der Waals surface area contributed by atoms with Crippen LogP contribution in [-0.4, -0.2) is 64.0 Å². The number of carboxylic acids is 1. The molecular formula is C21H23N3O3. The van der Waals surface area contributed by atoms with Crippen LogP contribution in [0.1, 0.15) is 21.5 Å². The zero-order valence-corrected chi connectivity index (χ0v) is 15.1. The SMILES string of the molecule is O=C(O)c1ccc(CN2CCN3C(=O)N(Cc4ccccc4)C[C@H]3C2)cc1. The second-order valence-electron chi connectivity index (χ2n) is 7.23. The third kappa shape index (κ3) is 3.80. The van der Waals surface area contributed by atoms with E-state index in [1.807, 2.05) is 40.1 Å². The number of hydrogen-bond acceptors (Lipinski definition) is 3. The van der Waals surface area contributed by atoms with Crippen molar-refractivity contribution in [2.75, 3.05) is 26.2 Å². The maximum absolute atomic E-state index is 12.7. The smallest absolute Gasteiger partial charge is 0.335 e. The Morgan fingerprint density at radius 3 is 2.33 bits per heavy atom. The van der Waals surface area contributed by atoms with Gasteiger partial charge in [0.25, 0.3) is 0 Å². The first-order valence-corrected chi connectivity index (χ1v) is 9.24. The van der Waals surface area contributed by atoms with Crippen molar-refractivity contribution >= 4 is 12.0 Å². The lowest BCUT2D eigenvalue weighted by atomic mass is 10.1. The van der Waals surface area contributed by atoms with Gasteiger partial charge in [0.15, 0.2) is 0 Å². The number of fused-ring (bicyclic) bond motifs is 1. The maximum atomic E-state index is 12.7. The number of carbonyl (C=O) groups is 2. The molecule has 6 nitrogen and oxygen atoms in total. The van der Waals surface area contributed by atoms with E-state index in [9.17, 15) is 9.59 Å². The lowest BCUT2D eigenvalue weighted by molar-refractivity contribution is 0.0697. The molecule has 1 atom stereocenters. The largest absolute Gasteiger partial charge is 0.478 e. The third-order valence-corrected chi connectivity index (χ3v) is 5.34. The standard InChI is InChI=1S/C21H23N3O3/c25-20(26)18-8-6-17(7-9-18)12-22-10-11-24-19(14-22)15-23(21(24)27)13-16-4-2-1-3-5-16/h1-9,19H,10-15H2,(H,25,26)/t19-/m1/s1. The van der Waals surface area contributed by atoms with Crippen molar-refractivity contribution in [1.29, 1.82) is 0 Å². The summed E-state index contributed by atoms with van der Waals surface area (Å²) in [4.78, 5) is 29.9. The van der Waals surface area contributed by atoms with E-state index in [2.05, 4.69) is 17.0 Å². The maximum Gasteiger partial charge on any atom is 0.335 e. The molecule has 2 aromatic rings. The Balaban J connectivity index is 1.37. The van der Waals surface area contributed by atoms with Gasteiger partial charge in [0.2, 0.25) is 0 Å². The Morgan fingerprint density at radius 2 is 1.63 bits per heavy atom. The molecule has 2 aliphatic heterocycles. The van der Waals surface area contributed by atoms with Gasteiger partial charge >= 0.3 is 12.0 Å². The first kappa shape index (κ1) is 17.5. The summed E-state index contributed by atoms with van der Waals surface area (Å²) in [6, 6.07) is 17.5. The molecule has 0 saturated carbocycles. The van der Waals surface area contributed by atoms with Crippen molar-refractivity contribution in [2.45, 2.75) is 19.1 Å². The molecule has 2 fully saturated rings. The molecule has 140 valence electrons. The topological polar surface area (TPSA) is 64.1 Å². The summed E-state index contributed by atoms with van der Waals surface area (Å²) in [6.07, 6.45) is 0. The van der Waals surface area contributed by atoms with Gasteiger partial charge < -0.3 is 14.9 Å². The fourth-order valence-electron chi connectivity index (χ4n) is 3.93. The molecule has 2 heterocycles. The van der Waals surface area contributed by atoms with Gasteiger partial charge in [-0.25, -0.2) is 9.59 Å². The summed E-state index contributed by atoms with van der Waals surface area (Å²) in [5.41, 5.74) is 2.56. The van der Waals surface area contributed by atoms with Crippen molar-refractivity contribution < 1.29 is 14.7 Å². The number of benzene rings is 2. The summed E-state index contributed by atoms with van der Waals surface area (Å²) in [5, 5.41) is 9.00. The van der Waals surface area contributed by atoms with Gasteiger partial charge in [0.1, 0.15) is 0 Å². The monoisotopic (exact) mass is 365 g/mol. The predicted octanol–water partition coefficient (Wildman–Crippen LogP) is 2.51. The molecule has 0 radical (unpaired) electrons. The number of nitrogens with zero attached hydrogens (tertiary/aromatic N) is 3. The van der Waals surface area contributed by atoms with E-state index in [4.69, 9.17) is 5.11 Å². The fourth-order valence-corrected chi connectivity index (χ4v) is 3.93. The van der Waals surface area contributed by atoms with Gasteiger partial charge in [0, 0.05) is 39.3 Å². The second kappa shape index (κ2) is 7.40. The van der Waals surface area contributed by atoms with Crippen LogP contribution in [-0.2, 0) is 13.1 Å². The summed E-state index contributed by atoms with van der Waals surface area (Å²) in [6.45, 7) is 4.60. The number of carbonyl (C=O) groups excluding carboxylic acids is 1. The van der Waals surface area contributed by atoms with E-state index in [0.29, 0.717) is 12.1 Å². The van der Waals surface area contributed by atoms with Crippen LogP contribution in [0.15, 0.2) is 54.6 Å². The number of rotatable bonds is 5. The molecule has 6 heteroatoms. The summed E-state index contributed by atoms with van der Waals surface area (Å²) in [7, 11) is 0. The van der Waals surface area contributed by atoms with Gasteiger partial charge in [-0.2, -0.15) is 0 Å². The zero-order valence-electron chi connectivity index (χ0n) is 15.1. The van der Waals surface area contributed by atoms with Gasteiger partial charge in [0.05, 0.1) is 11.6 Å². The Kier molecular flexibility index (Phi) is 4.81. The average Bonchev–Trinajstić information content (AvgIpc) is 2.98. The molecule has 4 rings (SSSR count). The van der Waals surface area contributed by atoms with Crippen LogP contribution in [0.4, 0.5) is 4.79 Å². The number of hydrogen-bond donors (Lipinski definition) is 1. The molecule has 0 bridgehead atoms. The first-order chi connectivity index (χ1) is 13.1. The zero-order chi connectivity index (χ0) is 18.8. The van der Waals surface area contributed by atoms with Crippen LogP contribution >= 0.6 is 0 Å². The van der Waals surface area contributed by atoms with E-state index in [0.717, 1.165) is 43.9 Å². The first-order valence-electron chi connectivity index (χ1n) is 9.24. The van der Waals surface area contributed by atoms with E-state index in [1.165, 1.54) is 0 Å². The Labute approximate surface area is 158 Å². The summed E-state index contributed by atoms with van der Waals surface area (Å²) >= 11 is 0. The molecule has 1 N–H and O–H groups in total. The van der Waals surface area contributed by atoms with Crippen molar-refractivity contribution in [2.24, 2.45) is 0 Å². The van der Waals surface area contributed by atoms with E-state index in [-0.39, 0.29) is 12.1 Å². The molecule has 0 spiro atoms.